The van der Waals surface area contributed by atoms with Gasteiger partial charge in [-0.05, 0) is 17.9 Å². The number of carboxylic acid groups (broad SMARTS) is 1. The van der Waals surface area contributed by atoms with Crippen molar-refractivity contribution >= 4 is 23.3 Å². The SMILES string of the molecule is CN(C(=O)NC(C(=O)O)c1cccs1)C1CCOC1. The summed E-state index contributed by atoms with van der Waals surface area (Å²) in [7, 11) is 1.65. The van der Waals surface area contributed by atoms with Gasteiger partial charge in [0.1, 0.15) is 0 Å². The van der Waals surface area contributed by atoms with Gasteiger partial charge in [-0.2, -0.15) is 0 Å². The quantitative estimate of drug-likeness (QED) is 0.873. The highest BCUT2D eigenvalue weighted by Gasteiger charge is 2.28. The van der Waals surface area contributed by atoms with Crippen LogP contribution < -0.4 is 5.32 Å². The third-order valence-corrected chi connectivity index (χ3v) is 4.05. The van der Waals surface area contributed by atoms with Crippen LogP contribution in [-0.4, -0.2) is 48.3 Å². The molecule has 0 aromatic carbocycles. The van der Waals surface area contributed by atoms with Gasteiger partial charge in [-0.15, -0.1) is 11.3 Å². The zero-order valence-electron chi connectivity index (χ0n) is 10.5. The van der Waals surface area contributed by atoms with Crippen molar-refractivity contribution in [1.29, 1.82) is 0 Å². The molecule has 2 rings (SSSR count). The topological polar surface area (TPSA) is 78.9 Å². The number of hydrogen-bond acceptors (Lipinski definition) is 4. The molecule has 2 N–H and O–H groups in total. The molecule has 2 atom stereocenters. The van der Waals surface area contributed by atoms with Gasteiger partial charge in [-0.25, -0.2) is 9.59 Å². The van der Waals surface area contributed by atoms with Crippen molar-refractivity contribution in [2.75, 3.05) is 20.3 Å². The van der Waals surface area contributed by atoms with Crippen molar-refractivity contribution in [2.45, 2.75) is 18.5 Å². The molecule has 0 saturated carbocycles. The summed E-state index contributed by atoms with van der Waals surface area (Å²) >= 11 is 1.31. The minimum absolute atomic E-state index is 0.0118. The molecule has 0 bridgehead atoms. The van der Waals surface area contributed by atoms with Crippen LogP contribution in [0.25, 0.3) is 0 Å². The molecule has 2 heterocycles. The number of carbonyl (C=O) groups is 2. The van der Waals surface area contributed by atoms with E-state index in [1.165, 1.54) is 16.2 Å². The molecule has 19 heavy (non-hydrogen) atoms. The Hall–Kier alpha value is -1.60. The second-order valence-corrected chi connectivity index (χ2v) is 5.34. The van der Waals surface area contributed by atoms with E-state index in [1.807, 2.05) is 0 Å². The third-order valence-electron chi connectivity index (χ3n) is 3.12. The normalized spacial score (nSPS) is 19.9. The molecule has 1 aliphatic heterocycles. The first kappa shape index (κ1) is 13.8. The standard InChI is InChI=1S/C12H16N2O4S/c1-14(8-4-5-18-7-8)12(17)13-10(11(15)16)9-3-2-6-19-9/h2-3,6,8,10H,4-5,7H2,1H3,(H,13,17)(H,15,16). The molecular weight excluding hydrogens is 268 g/mol. The number of carbonyl (C=O) groups excluding carboxylic acids is 1. The lowest BCUT2D eigenvalue weighted by atomic mass is 10.2. The molecule has 1 fully saturated rings. The summed E-state index contributed by atoms with van der Waals surface area (Å²) in [4.78, 5) is 25.4. The highest BCUT2D eigenvalue weighted by Crippen LogP contribution is 2.20. The number of aliphatic carboxylic acids is 1. The van der Waals surface area contributed by atoms with E-state index in [0.29, 0.717) is 18.1 Å². The molecule has 1 aromatic heterocycles. The maximum atomic E-state index is 12.0. The van der Waals surface area contributed by atoms with Crippen LogP contribution in [0.4, 0.5) is 4.79 Å². The van der Waals surface area contributed by atoms with Crippen molar-refractivity contribution in [3.8, 4) is 0 Å². The number of nitrogens with zero attached hydrogens (tertiary/aromatic N) is 1. The lowest BCUT2D eigenvalue weighted by molar-refractivity contribution is -0.139. The number of carboxylic acids is 1. The predicted molar refractivity (Wildman–Crippen MR) is 70.2 cm³/mol. The zero-order valence-corrected chi connectivity index (χ0v) is 11.4. The van der Waals surface area contributed by atoms with Crippen molar-refractivity contribution in [3.63, 3.8) is 0 Å². The summed E-state index contributed by atoms with van der Waals surface area (Å²) < 4.78 is 5.22. The van der Waals surface area contributed by atoms with Gasteiger partial charge < -0.3 is 20.1 Å². The highest BCUT2D eigenvalue weighted by atomic mass is 32.1. The van der Waals surface area contributed by atoms with E-state index in [0.717, 1.165) is 6.42 Å². The Morgan fingerprint density at radius 1 is 1.63 bits per heavy atom. The van der Waals surface area contributed by atoms with E-state index in [2.05, 4.69) is 5.32 Å². The van der Waals surface area contributed by atoms with Gasteiger partial charge in [-0.1, -0.05) is 6.07 Å². The van der Waals surface area contributed by atoms with Gasteiger partial charge in [0.15, 0.2) is 6.04 Å². The molecule has 6 nitrogen and oxygen atoms in total. The fourth-order valence-corrected chi connectivity index (χ4v) is 2.70. The summed E-state index contributed by atoms with van der Waals surface area (Å²) in [6.45, 7) is 1.14. The number of hydrogen-bond donors (Lipinski definition) is 2. The number of nitrogens with one attached hydrogen (secondary N) is 1. The van der Waals surface area contributed by atoms with Gasteiger partial charge in [0, 0.05) is 18.5 Å². The van der Waals surface area contributed by atoms with Crippen LogP contribution in [0.3, 0.4) is 0 Å². The largest absolute Gasteiger partial charge is 0.479 e. The maximum Gasteiger partial charge on any atom is 0.331 e. The molecule has 2 unspecified atom stereocenters. The van der Waals surface area contributed by atoms with Crippen LogP contribution in [0.1, 0.15) is 17.3 Å². The van der Waals surface area contributed by atoms with Gasteiger partial charge in [0.05, 0.1) is 12.6 Å². The average molecular weight is 284 g/mol. The summed E-state index contributed by atoms with van der Waals surface area (Å²) in [5.41, 5.74) is 0. The fraction of sp³-hybridized carbons (Fsp3) is 0.500. The number of urea groups is 1. The molecule has 1 aromatic rings. The molecule has 0 radical (unpaired) electrons. The number of rotatable bonds is 4. The zero-order chi connectivity index (χ0) is 13.8. The average Bonchev–Trinajstić information content (AvgIpc) is 3.06. The van der Waals surface area contributed by atoms with Gasteiger partial charge >= 0.3 is 12.0 Å². The first-order chi connectivity index (χ1) is 9.09. The Morgan fingerprint density at radius 3 is 2.95 bits per heavy atom. The number of likely N-dealkylation sites (N-methyl/N-ethyl adjacent to an activating group) is 1. The van der Waals surface area contributed by atoms with Crippen LogP contribution in [0.2, 0.25) is 0 Å². The molecule has 1 aliphatic rings. The smallest absolute Gasteiger partial charge is 0.331 e. The van der Waals surface area contributed by atoms with Crippen LogP contribution in [-0.2, 0) is 9.53 Å². The van der Waals surface area contributed by atoms with E-state index in [1.54, 1.807) is 24.6 Å². The van der Waals surface area contributed by atoms with E-state index in [9.17, 15) is 14.7 Å². The van der Waals surface area contributed by atoms with Crippen molar-refractivity contribution in [1.82, 2.24) is 10.2 Å². The monoisotopic (exact) mass is 284 g/mol. The number of thiophene rings is 1. The second kappa shape index (κ2) is 6.03. The number of amides is 2. The first-order valence-electron chi connectivity index (χ1n) is 5.97. The van der Waals surface area contributed by atoms with Crippen LogP contribution in [0.15, 0.2) is 17.5 Å². The van der Waals surface area contributed by atoms with Crippen LogP contribution >= 0.6 is 11.3 Å². The van der Waals surface area contributed by atoms with E-state index < -0.39 is 18.0 Å². The van der Waals surface area contributed by atoms with Crippen LogP contribution in [0.5, 0.6) is 0 Å². The predicted octanol–water partition coefficient (Wildman–Crippen LogP) is 1.30. The lowest BCUT2D eigenvalue weighted by Crippen LogP contribution is -2.46. The van der Waals surface area contributed by atoms with E-state index in [4.69, 9.17) is 4.74 Å². The molecule has 0 aliphatic carbocycles. The van der Waals surface area contributed by atoms with Crippen molar-refractivity contribution < 1.29 is 19.4 Å². The highest BCUT2D eigenvalue weighted by molar-refractivity contribution is 7.10. The van der Waals surface area contributed by atoms with E-state index >= 15 is 0 Å². The Kier molecular flexibility index (Phi) is 4.39. The van der Waals surface area contributed by atoms with Crippen LogP contribution in [0, 0.1) is 0 Å². The summed E-state index contributed by atoms with van der Waals surface area (Å²) in [5.74, 6) is -1.06. The molecule has 0 spiro atoms. The minimum atomic E-state index is -1.06. The minimum Gasteiger partial charge on any atom is -0.479 e. The second-order valence-electron chi connectivity index (χ2n) is 4.36. The summed E-state index contributed by atoms with van der Waals surface area (Å²) in [6, 6.07) is 2.07. The summed E-state index contributed by atoms with van der Waals surface area (Å²) in [5, 5.41) is 13.5. The molecular formula is C12H16N2O4S. The van der Waals surface area contributed by atoms with Gasteiger partial charge in [0.2, 0.25) is 0 Å². The van der Waals surface area contributed by atoms with E-state index in [-0.39, 0.29) is 6.04 Å². The van der Waals surface area contributed by atoms with Gasteiger partial charge in [0.25, 0.3) is 0 Å². The first-order valence-corrected chi connectivity index (χ1v) is 6.85. The Balaban J connectivity index is 2.01. The molecule has 1 saturated heterocycles. The third kappa shape index (κ3) is 3.24. The van der Waals surface area contributed by atoms with Crippen molar-refractivity contribution in [3.05, 3.63) is 22.4 Å². The molecule has 2 amide bonds. The fourth-order valence-electron chi connectivity index (χ4n) is 1.93. The Bertz CT molecular complexity index is 443. The number of ether oxygens (including phenoxy) is 1. The van der Waals surface area contributed by atoms with Gasteiger partial charge in [-0.3, -0.25) is 0 Å². The molecule has 104 valence electrons. The Labute approximate surface area is 115 Å². The maximum absolute atomic E-state index is 12.0. The Morgan fingerprint density at radius 2 is 2.42 bits per heavy atom. The lowest BCUT2D eigenvalue weighted by Gasteiger charge is -2.25. The molecule has 7 heteroatoms. The summed E-state index contributed by atoms with van der Waals surface area (Å²) in [6.07, 6.45) is 0.778. The van der Waals surface area contributed by atoms with Crippen molar-refractivity contribution in [2.24, 2.45) is 0 Å².